The van der Waals surface area contributed by atoms with Crippen LogP contribution < -0.4 is 5.73 Å². The van der Waals surface area contributed by atoms with E-state index in [1.54, 1.807) is 6.92 Å². The zero-order chi connectivity index (χ0) is 12.2. The quantitative estimate of drug-likeness (QED) is 0.781. The van der Waals surface area contributed by atoms with Crippen molar-refractivity contribution >= 4 is 5.91 Å². The third kappa shape index (κ3) is 3.46. The number of carbonyl (C=O) groups excluding carboxylic acids is 1. The van der Waals surface area contributed by atoms with Gasteiger partial charge in [0.25, 0.3) is 0 Å². The minimum Gasteiger partial charge on any atom is -0.381 e. The first-order chi connectivity index (χ1) is 7.48. The van der Waals surface area contributed by atoms with E-state index < -0.39 is 0 Å². The average Bonchev–Trinajstić information content (AvgIpc) is 2.26. The first kappa shape index (κ1) is 13.5. The van der Waals surface area contributed by atoms with Crippen LogP contribution in [0.15, 0.2) is 0 Å². The molecule has 1 saturated heterocycles. The minimum atomic E-state index is -0.378. The van der Waals surface area contributed by atoms with E-state index >= 15 is 0 Å². The molecule has 1 rings (SSSR count). The number of hydrogen-bond acceptors (Lipinski definition) is 3. The van der Waals surface area contributed by atoms with Crippen molar-refractivity contribution in [3.05, 3.63) is 0 Å². The van der Waals surface area contributed by atoms with Crippen molar-refractivity contribution in [3.8, 4) is 0 Å². The van der Waals surface area contributed by atoms with E-state index in [2.05, 4.69) is 6.92 Å². The summed E-state index contributed by atoms with van der Waals surface area (Å²) in [5.74, 6) is 0.0680. The van der Waals surface area contributed by atoms with Crippen molar-refractivity contribution in [1.82, 2.24) is 4.90 Å². The molecule has 0 aromatic heterocycles. The number of piperidine rings is 1. The van der Waals surface area contributed by atoms with E-state index in [0.29, 0.717) is 0 Å². The SMILES string of the molecule is CCOCC1(C)CCN(C(=O)C(C)N)CC1. The van der Waals surface area contributed by atoms with Gasteiger partial charge in [-0.05, 0) is 32.1 Å². The lowest BCUT2D eigenvalue weighted by Crippen LogP contribution is -2.48. The molecule has 1 heterocycles. The number of hydrogen-bond donors (Lipinski definition) is 1. The van der Waals surface area contributed by atoms with Crippen LogP contribution >= 0.6 is 0 Å². The molecule has 4 heteroatoms. The Bertz CT molecular complexity index is 233. The molecule has 16 heavy (non-hydrogen) atoms. The van der Waals surface area contributed by atoms with Gasteiger partial charge in [0.1, 0.15) is 0 Å². The normalized spacial score (nSPS) is 21.9. The van der Waals surface area contributed by atoms with Crippen molar-refractivity contribution in [2.75, 3.05) is 26.3 Å². The van der Waals surface area contributed by atoms with Crippen LogP contribution in [0.5, 0.6) is 0 Å². The molecule has 4 nitrogen and oxygen atoms in total. The summed E-state index contributed by atoms with van der Waals surface area (Å²) < 4.78 is 5.49. The van der Waals surface area contributed by atoms with Gasteiger partial charge >= 0.3 is 0 Å². The summed E-state index contributed by atoms with van der Waals surface area (Å²) in [5.41, 5.74) is 5.83. The second kappa shape index (κ2) is 5.64. The standard InChI is InChI=1S/C12H24N2O2/c1-4-16-9-12(3)5-7-14(8-6-12)11(15)10(2)13/h10H,4-9,13H2,1-3H3. The molecule has 2 N–H and O–H groups in total. The van der Waals surface area contributed by atoms with Crippen LogP contribution in [0.1, 0.15) is 33.6 Å². The second-order valence-corrected chi connectivity index (χ2v) is 5.06. The fraction of sp³-hybridized carbons (Fsp3) is 0.917. The molecule has 0 radical (unpaired) electrons. The number of nitrogens with zero attached hydrogens (tertiary/aromatic N) is 1. The molecule has 1 amide bonds. The Balaban J connectivity index is 2.41. The fourth-order valence-corrected chi connectivity index (χ4v) is 2.05. The first-order valence-electron chi connectivity index (χ1n) is 6.10. The predicted molar refractivity (Wildman–Crippen MR) is 64.1 cm³/mol. The Morgan fingerprint density at radius 1 is 1.50 bits per heavy atom. The molecule has 0 aliphatic carbocycles. The number of nitrogens with two attached hydrogens (primary N) is 1. The second-order valence-electron chi connectivity index (χ2n) is 5.06. The van der Waals surface area contributed by atoms with Gasteiger partial charge in [-0.1, -0.05) is 6.92 Å². The topological polar surface area (TPSA) is 55.6 Å². The highest BCUT2D eigenvalue weighted by Crippen LogP contribution is 2.31. The summed E-state index contributed by atoms with van der Waals surface area (Å²) in [6, 6.07) is -0.378. The van der Waals surface area contributed by atoms with Gasteiger partial charge in [-0.2, -0.15) is 0 Å². The summed E-state index contributed by atoms with van der Waals surface area (Å²) in [6.07, 6.45) is 2.01. The Hall–Kier alpha value is -0.610. The molecule has 0 aromatic rings. The molecule has 1 fully saturated rings. The molecular formula is C12H24N2O2. The molecule has 0 saturated carbocycles. The van der Waals surface area contributed by atoms with Crippen molar-refractivity contribution in [1.29, 1.82) is 0 Å². The molecule has 0 spiro atoms. The Labute approximate surface area is 98.1 Å². The molecule has 1 unspecified atom stereocenters. The number of likely N-dealkylation sites (tertiary alicyclic amines) is 1. The number of carbonyl (C=O) groups is 1. The van der Waals surface area contributed by atoms with Gasteiger partial charge in [0.15, 0.2) is 0 Å². The molecular weight excluding hydrogens is 204 g/mol. The van der Waals surface area contributed by atoms with Crippen LogP contribution in [0.2, 0.25) is 0 Å². The smallest absolute Gasteiger partial charge is 0.239 e. The number of amides is 1. The van der Waals surface area contributed by atoms with Crippen LogP contribution in [0.3, 0.4) is 0 Å². The van der Waals surface area contributed by atoms with Crippen LogP contribution in [-0.4, -0.2) is 43.2 Å². The van der Waals surface area contributed by atoms with E-state index in [1.165, 1.54) is 0 Å². The van der Waals surface area contributed by atoms with Gasteiger partial charge in [-0.15, -0.1) is 0 Å². The lowest BCUT2D eigenvalue weighted by Gasteiger charge is -2.39. The summed E-state index contributed by atoms with van der Waals surface area (Å²) in [5, 5.41) is 0. The maximum atomic E-state index is 11.7. The fourth-order valence-electron chi connectivity index (χ4n) is 2.05. The van der Waals surface area contributed by atoms with Gasteiger partial charge in [0.05, 0.1) is 12.6 Å². The van der Waals surface area contributed by atoms with E-state index in [-0.39, 0.29) is 17.4 Å². The molecule has 1 aliphatic heterocycles. The summed E-state index contributed by atoms with van der Waals surface area (Å²) in [6.45, 7) is 9.17. The van der Waals surface area contributed by atoms with E-state index in [9.17, 15) is 4.79 Å². The van der Waals surface area contributed by atoms with Gasteiger partial charge in [-0.25, -0.2) is 0 Å². The van der Waals surface area contributed by atoms with Crippen LogP contribution in [0, 0.1) is 5.41 Å². The first-order valence-corrected chi connectivity index (χ1v) is 6.10. The average molecular weight is 228 g/mol. The van der Waals surface area contributed by atoms with Crippen molar-refractivity contribution in [2.24, 2.45) is 11.1 Å². The molecule has 1 atom stereocenters. The highest BCUT2D eigenvalue weighted by molar-refractivity contribution is 5.81. The van der Waals surface area contributed by atoms with Crippen molar-refractivity contribution in [3.63, 3.8) is 0 Å². The lowest BCUT2D eigenvalue weighted by molar-refractivity contribution is -0.135. The van der Waals surface area contributed by atoms with Gasteiger partial charge in [0.2, 0.25) is 5.91 Å². The molecule has 94 valence electrons. The largest absolute Gasteiger partial charge is 0.381 e. The zero-order valence-corrected chi connectivity index (χ0v) is 10.7. The highest BCUT2D eigenvalue weighted by atomic mass is 16.5. The van der Waals surface area contributed by atoms with Gasteiger partial charge < -0.3 is 15.4 Å². The van der Waals surface area contributed by atoms with Gasteiger partial charge in [-0.3, -0.25) is 4.79 Å². The Kier molecular flexibility index (Phi) is 4.74. The number of ether oxygens (including phenoxy) is 1. The van der Waals surface area contributed by atoms with E-state index in [4.69, 9.17) is 10.5 Å². The van der Waals surface area contributed by atoms with E-state index in [0.717, 1.165) is 39.1 Å². The summed E-state index contributed by atoms with van der Waals surface area (Å²) >= 11 is 0. The summed E-state index contributed by atoms with van der Waals surface area (Å²) in [7, 11) is 0. The third-order valence-corrected chi connectivity index (χ3v) is 3.33. The summed E-state index contributed by atoms with van der Waals surface area (Å²) in [4.78, 5) is 13.6. The Morgan fingerprint density at radius 2 is 2.06 bits per heavy atom. The van der Waals surface area contributed by atoms with Crippen LogP contribution in [0.4, 0.5) is 0 Å². The monoisotopic (exact) mass is 228 g/mol. The van der Waals surface area contributed by atoms with Crippen LogP contribution in [0.25, 0.3) is 0 Å². The highest BCUT2D eigenvalue weighted by Gasteiger charge is 2.32. The van der Waals surface area contributed by atoms with Crippen LogP contribution in [-0.2, 0) is 9.53 Å². The van der Waals surface area contributed by atoms with Crippen molar-refractivity contribution < 1.29 is 9.53 Å². The lowest BCUT2D eigenvalue weighted by atomic mass is 9.81. The number of rotatable bonds is 4. The maximum absolute atomic E-state index is 11.7. The molecule has 0 aromatic carbocycles. The van der Waals surface area contributed by atoms with Gasteiger partial charge in [0, 0.05) is 19.7 Å². The molecule has 1 aliphatic rings. The minimum absolute atomic E-state index is 0.0680. The molecule has 0 bridgehead atoms. The third-order valence-electron chi connectivity index (χ3n) is 3.33. The predicted octanol–water partition coefficient (Wildman–Crippen LogP) is 0.999. The Morgan fingerprint density at radius 3 is 2.50 bits per heavy atom. The zero-order valence-electron chi connectivity index (χ0n) is 10.7. The van der Waals surface area contributed by atoms with E-state index in [1.807, 2.05) is 11.8 Å². The van der Waals surface area contributed by atoms with Crippen molar-refractivity contribution in [2.45, 2.75) is 39.7 Å². The maximum Gasteiger partial charge on any atom is 0.239 e.